The van der Waals surface area contributed by atoms with Crippen LogP contribution in [0.4, 0.5) is 0 Å². The van der Waals surface area contributed by atoms with E-state index in [-0.39, 0.29) is 16.7 Å². The van der Waals surface area contributed by atoms with Gasteiger partial charge in [-0.05, 0) is 36.4 Å². The van der Waals surface area contributed by atoms with Crippen LogP contribution in [0.25, 0.3) is 0 Å². The number of rotatable bonds is 20. The number of carbonyl (C=O) groups excluding carboxylic acids is 10. The molecule has 3 heterocycles. The van der Waals surface area contributed by atoms with Crippen LogP contribution < -0.4 is 0 Å². The van der Waals surface area contributed by atoms with Gasteiger partial charge in [-0.1, -0.05) is 54.6 Å². The molecule has 26 heteroatoms. The zero-order chi connectivity index (χ0) is 57.5. The highest BCUT2D eigenvalue weighted by Crippen LogP contribution is 2.38. The fourth-order valence-corrected chi connectivity index (χ4v) is 8.54. The number of aliphatic hydroxyl groups is 1. The van der Waals surface area contributed by atoms with E-state index in [9.17, 15) is 53.1 Å². The predicted molar refractivity (Wildman–Crippen MR) is 257 cm³/mol. The van der Waals surface area contributed by atoms with E-state index in [0.29, 0.717) is 0 Å². The van der Waals surface area contributed by atoms with Gasteiger partial charge in [0.25, 0.3) is 0 Å². The Balaban J connectivity index is 1.49. The molecular weight excluding hydrogens is 1050 g/mol. The number of benzene rings is 3. The predicted octanol–water partition coefficient (Wildman–Crippen LogP) is 2.02. The molecule has 1 unspecified atom stereocenters. The molecule has 0 spiro atoms. The van der Waals surface area contributed by atoms with E-state index in [0.717, 1.165) is 48.5 Å². The summed E-state index contributed by atoms with van der Waals surface area (Å²) >= 11 is 0. The highest BCUT2D eigenvalue weighted by atomic mass is 16.8. The SMILES string of the molecule is CC(=O)OC[C@H]1O[C@@H](O[C@H]2[C@H](OC(C)=O)[C@@H](OC(C)=O)[C@H](O[C@H]3[C@H](OC(=O)c4ccccc4)[C@@H](OC(=O)c4ccccc4)C(O)O[C@@H]3COC(=O)c3ccccc3)O[C@@H]2COC(C)=O)[C@H](OC(C)=O)[C@@H](OC(C)=O)[C@H]1OC(C)=O. The van der Waals surface area contributed by atoms with E-state index < -0.39 is 172 Å². The molecule has 3 saturated heterocycles. The smallest absolute Gasteiger partial charge is 0.338 e. The van der Waals surface area contributed by atoms with Gasteiger partial charge in [0.05, 0.1) is 16.7 Å². The Bertz CT molecular complexity index is 2630. The lowest BCUT2D eigenvalue weighted by atomic mass is 9.95. The number of ether oxygens (including phenoxy) is 15. The van der Waals surface area contributed by atoms with Crippen molar-refractivity contribution in [3.8, 4) is 0 Å². The average molecular weight is 1110 g/mol. The second-order valence-corrected chi connectivity index (χ2v) is 17.8. The molecule has 6 rings (SSSR count). The molecular formula is C53H58O26. The Morgan fingerprint density at radius 1 is 0.342 bits per heavy atom. The maximum Gasteiger partial charge on any atom is 0.338 e. The van der Waals surface area contributed by atoms with Gasteiger partial charge in [-0.15, -0.1) is 0 Å². The van der Waals surface area contributed by atoms with Gasteiger partial charge in [0.1, 0.15) is 50.3 Å². The standard InChI is InChI=1S/C53H58O26/c1-26(54)65-23-37-39(68-28(3)56)43(69-29(4)57)46(71-31(6)59)52(74-37)79-41-38(24-66-27(2)55)75-53(47(72-32(7)60)44(41)70-30(5)58)78-40-36(25-67-48(61)33-17-11-8-12-18-33)73-51(64)45(77-50(63)35-21-15-10-16-22-35)42(40)76-49(62)34-19-13-9-14-20-34/h8-22,36-47,51-53,64H,23-25H2,1-7H3/t36-,37-,38-,39+,40-,41-,42+,43+,44+,45-,46-,47-,51?,52+,53+/m1/s1. The van der Waals surface area contributed by atoms with Gasteiger partial charge >= 0.3 is 59.7 Å². The highest BCUT2D eigenvalue weighted by Gasteiger charge is 2.60. The Morgan fingerprint density at radius 3 is 1.04 bits per heavy atom. The van der Waals surface area contributed by atoms with Crippen LogP contribution in [0.3, 0.4) is 0 Å². The van der Waals surface area contributed by atoms with E-state index in [4.69, 9.17) is 71.1 Å². The van der Waals surface area contributed by atoms with Gasteiger partial charge in [0, 0.05) is 48.5 Å². The maximum atomic E-state index is 14.1. The number of carbonyl (C=O) groups is 10. The second-order valence-electron chi connectivity index (χ2n) is 17.8. The minimum absolute atomic E-state index is 0.0232. The van der Waals surface area contributed by atoms with E-state index in [2.05, 4.69) is 0 Å². The van der Waals surface area contributed by atoms with Gasteiger partial charge in [0.2, 0.25) is 0 Å². The van der Waals surface area contributed by atoms with Gasteiger partial charge in [0.15, 0.2) is 61.6 Å². The molecule has 3 aromatic carbocycles. The number of hydrogen-bond donors (Lipinski definition) is 1. The summed E-state index contributed by atoms with van der Waals surface area (Å²) in [5.74, 6) is -9.92. The summed E-state index contributed by atoms with van der Waals surface area (Å²) in [6.45, 7) is 4.55. The number of hydrogen-bond acceptors (Lipinski definition) is 26. The molecule has 1 N–H and O–H groups in total. The van der Waals surface area contributed by atoms with Crippen LogP contribution in [0, 0.1) is 0 Å². The van der Waals surface area contributed by atoms with Crippen LogP contribution in [0.2, 0.25) is 0 Å². The quantitative estimate of drug-likeness (QED) is 0.125. The van der Waals surface area contributed by atoms with Crippen LogP contribution in [-0.2, 0) is 105 Å². The third kappa shape index (κ3) is 16.8. The van der Waals surface area contributed by atoms with Crippen LogP contribution in [0.15, 0.2) is 91.0 Å². The van der Waals surface area contributed by atoms with Crippen molar-refractivity contribution in [2.45, 2.75) is 141 Å². The molecule has 0 amide bonds. The molecule has 3 aromatic rings. The van der Waals surface area contributed by atoms with E-state index in [1.54, 1.807) is 30.3 Å². The number of esters is 10. The first kappa shape index (κ1) is 60.4. The van der Waals surface area contributed by atoms with Gasteiger partial charge < -0.3 is 76.2 Å². The Labute approximate surface area is 450 Å². The summed E-state index contributed by atoms with van der Waals surface area (Å²) in [6.07, 6.45) is -28.6. The first-order valence-electron chi connectivity index (χ1n) is 24.4. The van der Waals surface area contributed by atoms with Crippen LogP contribution >= 0.6 is 0 Å². The minimum atomic E-state index is -2.16. The van der Waals surface area contributed by atoms with Crippen molar-refractivity contribution in [3.63, 3.8) is 0 Å². The largest absolute Gasteiger partial charge is 0.463 e. The zero-order valence-electron chi connectivity index (χ0n) is 43.6. The molecule has 0 saturated carbocycles. The Kier molecular flexibility index (Phi) is 21.5. The van der Waals surface area contributed by atoms with Crippen molar-refractivity contribution in [1.29, 1.82) is 0 Å². The van der Waals surface area contributed by atoms with Crippen molar-refractivity contribution in [1.82, 2.24) is 0 Å². The summed E-state index contributed by atoms with van der Waals surface area (Å²) in [5.41, 5.74) is 0.00140. The molecule has 79 heavy (non-hydrogen) atoms. The fourth-order valence-electron chi connectivity index (χ4n) is 8.54. The molecule has 0 aliphatic carbocycles. The van der Waals surface area contributed by atoms with Crippen molar-refractivity contribution < 1.29 is 124 Å². The maximum absolute atomic E-state index is 14.1. The fraction of sp³-hybridized carbons (Fsp3) is 0.472. The molecule has 0 aromatic heterocycles. The summed E-state index contributed by atoms with van der Waals surface area (Å²) in [7, 11) is 0. The van der Waals surface area contributed by atoms with E-state index in [1.165, 1.54) is 60.7 Å². The molecule has 426 valence electrons. The normalized spacial score (nSPS) is 28.2. The summed E-state index contributed by atoms with van der Waals surface area (Å²) < 4.78 is 87.9. The second kappa shape index (κ2) is 28.1. The zero-order valence-corrected chi connectivity index (χ0v) is 43.6. The summed E-state index contributed by atoms with van der Waals surface area (Å²) in [5, 5.41) is 11.7. The van der Waals surface area contributed by atoms with Crippen LogP contribution in [-0.4, -0.2) is 177 Å². The Morgan fingerprint density at radius 2 is 0.646 bits per heavy atom. The van der Waals surface area contributed by atoms with Gasteiger partial charge in [-0.3, -0.25) is 33.6 Å². The molecule has 3 aliphatic heterocycles. The number of aliphatic hydroxyl groups excluding tert-OH is 1. The van der Waals surface area contributed by atoms with Crippen molar-refractivity contribution in [2.75, 3.05) is 19.8 Å². The molecule has 3 aliphatic rings. The lowest BCUT2D eigenvalue weighted by Gasteiger charge is -2.50. The van der Waals surface area contributed by atoms with Crippen molar-refractivity contribution >= 4 is 59.7 Å². The minimum Gasteiger partial charge on any atom is -0.463 e. The third-order valence-corrected chi connectivity index (χ3v) is 11.7. The van der Waals surface area contributed by atoms with Crippen LogP contribution in [0.5, 0.6) is 0 Å². The topological polar surface area (TPSA) is 329 Å². The summed E-state index contributed by atoms with van der Waals surface area (Å²) in [6, 6.07) is 22.5. The lowest BCUT2D eigenvalue weighted by Crippen LogP contribution is -2.68. The highest BCUT2D eigenvalue weighted by molar-refractivity contribution is 5.91. The summed E-state index contributed by atoms with van der Waals surface area (Å²) in [4.78, 5) is 130. The first-order valence-corrected chi connectivity index (χ1v) is 24.4. The molecule has 0 radical (unpaired) electrons. The molecule has 3 fully saturated rings. The molecule has 26 nitrogen and oxygen atoms in total. The molecule has 0 bridgehead atoms. The first-order chi connectivity index (χ1) is 37.6. The van der Waals surface area contributed by atoms with Gasteiger partial charge in [-0.2, -0.15) is 0 Å². The average Bonchev–Trinajstić information content (AvgIpc) is 3.42. The lowest BCUT2D eigenvalue weighted by molar-refractivity contribution is -0.377. The molecule has 15 atom stereocenters. The van der Waals surface area contributed by atoms with E-state index >= 15 is 0 Å². The van der Waals surface area contributed by atoms with E-state index in [1.807, 2.05) is 0 Å². The van der Waals surface area contributed by atoms with Crippen molar-refractivity contribution in [2.24, 2.45) is 0 Å². The van der Waals surface area contributed by atoms with Gasteiger partial charge in [-0.25, -0.2) is 14.4 Å². The third-order valence-electron chi connectivity index (χ3n) is 11.7. The van der Waals surface area contributed by atoms with Crippen molar-refractivity contribution in [3.05, 3.63) is 108 Å². The Hall–Kier alpha value is -7.88. The monoisotopic (exact) mass is 1110 g/mol. The van der Waals surface area contributed by atoms with Crippen LogP contribution in [0.1, 0.15) is 79.5 Å².